The van der Waals surface area contributed by atoms with Gasteiger partial charge < -0.3 is 10.1 Å². The van der Waals surface area contributed by atoms with E-state index in [1.807, 2.05) is 60.7 Å². The Kier molecular flexibility index (Phi) is 3.31. The number of fused-ring (bicyclic) bond motifs is 2. The molecule has 1 heterocycles. The molecule has 5 heteroatoms. The van der Waals surface area contributed by atoms with Gasteiger partial charge in [-0.2, -0.15) is 0 Å². The molecule has 116 valence electrons. The topological polar surface area (TPSA) is 77.8 Å². The maximum atomic E-state index is 12.4. The Morgan fingerprint density at radius 2 is 1.58 bits per heavy atom. The number of benzene rings is 3. The number of H-pyrrole nitrogens is 1. The maximum absolute atomic E-state index is 12.4. The van der Waals surface area contributed by atoms with Gasteiger partial charge in [0.1, 0.15) is 0 Å². The second-order valence-electron chi connectivity index (χ2n) is 5.40. The summed E-state index contributed by atoms with van der Waals surface area (Å²) in [5, 5.41) is 20.2. The second-order valence-corrected chi connectivity index (χ2v) is 5.40. The zero-order valence-electron chi connectivity index (χ0n) is 12.6. The average molecular weight is 315 g/mol. The summed E-state index contributed by atoms with van der Waals surface area (Å²) in [6.45, 7) is 0. The van der Waals surface area contributed by atoms with Crippen LogP contribution in [0, 0.1) is 0 Å². The van der Waals surface area contributed by atoms with Crippen molar-refractivity contribution >= 4 is 33.3 Å². The first-order chi connectivity index (χ1) is 11.7. The minimum Gasteiger partial charge on any atom is -0.493 e. The van der Waals surface area contributed by atoms with Crippen molar-refractivity contribution < 1.29 is 9.90 Å². The molecule has 24 heavy (non-hydrogen) atoms. The molecule has 5 nitrogen and oxygen atoms in total. The van der Waals surface area contributed by atoms with Crippen LogP contribution in [0.3, 0.4) is 0 Å². The van der Waals surface area contributed by atoms with Crippen molar-refractivity contribution in [2.75, 3.05) is 0 Å². The van der Waals surface area contributed by atoms with Gasteiger partial charge in [-0.3, -0.25) is 4.79 Å². The Labute approximate surface area is 137 Å². The summed E-state index contributed by atoms with van der Waals surface area (Å²) in [4.78, 5) is 15.3. The molecule has 2 N–H and O–H groups in total. The van der Waals surface area contributed by atoms with Crippen molar-refractivity contribution in [1.82, 2.24) is 4.98 Å². The van der Waals surface area contributed by atoms with Crippen molar-refractivity contribution in [3.05, 3.63) is 72.3 Å². The monoisotopic (exact) mass is 315 g/mol. The second kappa shape index (κ2) is 5.62. The lowest BCUT2D eigenvalue weighted by molar-refractivity contribution is 0.0996. The SMILES string of the molecule is O=C(N=Nc1c(O)[nH]c2ccccc12)c1cccc2ccccc12. The summed E-state index contributed by atoms with van der Waals surface area (Å²) in [7, 11) is 0. The van der Waals surface area contributed by atoms with Crippen molar-refractivity contribution in [1.29, 1.82) is 0 Å². The predicted molar refractivity (Wildman–Crippen MR) is 92.8 cm³/mol. The molecule has 4 aromatic rings. The standard InChI is InChI=1S/C19H13N3O2/c23-18(14-10-5-7-12-6-1-2-8-13(12)14)22-21-17-15-9-3-4-11-16(15)20-19(17)24/h1-11,20,24H. The average Bonchev–Trinajstić information content (AvgIpc) is 2.94. The highest BCUT2D eigenvalue weighted by Gasteiger charge is 2.12. The molecule has 0 spiro atoms. The summed E-state index contributed by atoms with van der Waals surface area (Å²) in [6, 6.07) is 20.4. The molecule has 0 aliphatic carbocycles. The van der Waals surface area contributed by atoms with Crippen molar-refractivity contribution in [3.8, 4) is 5.88 Å². The van der Waals surface area contributed by atoms with Gasteiger partial charge in [0.05, 0.1) is 11.1 Å². The molecule has 4 rings (SSSR count). The van der Waals surface area contributed by atoms with E-state index in [0.29, 0.717) is 10.9 Å². The number of nitrogens with zero attached hydrogens (tertiary/aromatic N) is 2. The van der Waals surface area contributed by atoms with Crippen LogP contribution in [0.25, 0.3) is 21.7 Å². The van der Waals surface area contributed by atoms with E-state index in [1.54, 1.807) is 6.07 Å². The molecule has 0 aliphatic heterocycles. The molecule has 3 aromatic carbocycles. The van der Waals surface area contributed by atoms with Gasteiger partial charge in [0.25, 0.3) is 5.91 Å². The molecular formula is C19H13N3O2. The Balaban J connectivity index is 1.75. The van der Waals surface area contributed by atoms with E-state index in [9.17, 15) is 9.90 Å². The Morgan fingerprint density at radius 1 is 0.875 bits per heavy atom. The van der Waals surface area contributed by atoms with Crippen molar-refractivity contribution in [3.63, 3.8) is 0 Å². The third-order valence-corrected chi connectivity index (χ3v) is 3.92. The molecule has 0 atom stereocenters. The number of azo groups is 1. The zero-order valence-corrected chi connectivity index (χ0v) is 12.6. The fourth-order valence-electron chi connectivity index (χ4n) is 2.78. The van der Waals surface area contributed by atoms with E-state index >= 15 is 0 Å². The first-order valence-electron chi connectivity index (χ1n) is 7.47. The number of para-hydroxylation sites is 1. The molecule has 0 bridgehead atoms. The lowest BCUT2D eigenvalue weighted by atomic mass is 10.0. The highest BCUT2D eigenvalue weighted by Crippen LogP contribution is 2.35. The zero-order chi connectivity index (χ0) is 16.5. The van der Waals surface area contributed by atoms with Gasteiger partial charge in [0.2, 0.25) is 5.88 Å². The largest absolute Gasteiger partial charge is 0.493 e. The summed E-state index contributed by atoms with van der Waals surface area (Å²) < 4.78 is 0. The lowest BCUT2D eigenvalue weighted by Gasteiger charge is -2.01. The molecule has 0 saturated heterocycles. The fourth-order valence-corrected chi connectivity index (χ4v) is 2.78. The van der Waals surface area contributed by atoms with E-state index in [4.69, 9.17) is 0 Å². The van der Waals surface area contributed by atoms with Gasteiger partial charge in [-0.1, -0.05) is 54.6 Å². The number of aromatic nitrogens is 1. The number of rotatable bonds is 2. The van der Waals surface area contributed by atoms with Crippen LogP contribution in [0.15, 0.2) is 77.0 Å². The number of hydrogen-bond donors (Lipinski definition) is 2. The maximum Gasteiger partial charge on any atom is 0.296 e. The molecule has 0 unspecified atom stereocenters. The van der Waals surface area contributed by atoms with E-state index < -0.39 is 5.91 Å². The fraction of sp³-hybridized carbons (Fsp3) is 0. The molecule has 0 fully saturated rings. The van der Waals surface area contributed by atoms with E-state index in [0.717, 1.165) is 16.3 Å². The quantitative estimate of drug-likeness (QED) is 0.513. The van der Waals surface area contributed by atoms with Gasteiger partial charge in [-0.05, 0) is 22.9 Å². The first-order valence-corrected chi connectivity index (χ1v) is 7.47. The number of amides is 1. The molecule has 1 amide bonds. The minimum absolute atomic E-state index is 0.106. The smallest absolute Gasteiger partial charge is 0.296 e. The van der Waals surface area contributed by atoms with Crippen LogP contribution in [0.2, 0.25) is 0 Å². The van der Waals surface area contributed by atoms with Gasteiger partial charge in [0, 0.05) is 5.39 Å². The van der Waals surface area contributed by atoms with Crippen LogP contribution in [0.1, 0.15) is 10.4 Å². The minimum atomic E-state index is -0.448. The molecule has 0 aliphatic rings. The van der Waals surface area contributed by atoms with Crippen molar-refractivity contribution in [2.45, 2.75) is 0 Å². The number of carbonyl (C=O) groups is 1. The van der Waals surface area contributed by atoms with E-state index in [-0.39, 0.29) is 11.6 Å². The summed E-state index contributed by atoms with van der Waals surface area (Å²) in [5.41, 5.74) is 1.48. The third-order valence-electron chi connectivity index (χ3n) is 3.92. The van der Waals surface area contributed by atoms with Crippen LogP contribution < -0.4 is 0 Å². The number of aromatic amines is 1. The molecular weight excluding hydrogens is 302 g/mol. The van der Waals surface area contributed by atoms with Gasteiger partial charge in [0.15, 0.2) is 5.69 Å². The predicted octanol–water partition coefficient (Wildman–Crippen LogP) is 4.95. The van der Waals surface area contributed by atoms with Crippen LogP contribution in [0.5, 0.6) is 5.88 Å². The highest BCUT2D eigenvalue weighted by molar-refractivity contribution is 6.07. The number of nitrogens with one attached hydrogen (secondary N) is 1. The van der Waals surface area contributed by atoms with E-state index in [1.165, 1.54) is 0 Å². The number of hydrogen-bond acceptors (Lipinski definition) is 3. The molecule has 0 radical (unpaired) electrons. The normalized spacial score (nSPS) is 11.5. The van der Waals surface area contributed by atoms with Gasteiger partial charge in [-0.25, -0.2) is 0 Å². The van der Waals surface area contributed by atoms with Crippen LogP contribution in [-0.4, -0.2) is 16.0 Å². The third kappa shape index (κ3) is 2.32. The molecule has 1 aromatic heterocycles. The Hall–Kier alpha value is -3.47. The summed E-state index contributed by atoms with van der Waals surface area (Å²) in [6.07, 6.45) is 0. The van der Waals surface area contributed by atoms with Crippen molar-refractivity contribution in [2.24, 2.45) is 10.2 Å². The molecule has 0 saturated carbocycles. The highest BCUT2D eigenvalue weighted by atomic mass is 16.3. The van der Waals surface area contributed by atoms with Crippen LogP contribution in [0.4, 0.5) is 5.69 Å². The number of carbonyl (C=O) groups excluding carboxylic acids is 1. The summed E-state index contributed by atoms with van der Waals surface area (Å²) in [5.74, 6) is -0.554. The van der Waals surface area contributed by atoms with Crippen LogP contribution in [-0.2, 0) is 0 Å². The first kappa shape index (κ1) is 14.1. The van der Waals surface area contributed by atoms with E-state index in [2.05, 4.69) is 15.2 Å². The lowest BCUT2D eigenvalue weighted by Crippen LogP contribution is -1.94. The van der Waals surface area contributed by atoms with Gasteiger partial charge in [-0.15, -0.1) is 10.2 Å². The Bertz CT molecular complexity index is 1090. The number of aromatic hydroxyl groups is 1. The summed E-state index contributed by atoms with van der Waals surface area (Å²) >= 11 is 0. The van der Waals surface area contributed by atoms with Crippen LogP contribution >= 0.6 is 0 Å². The Morgan fingerprint density at radius 3 is 2.46 bits per heavy atom. The van der Waals surface area contributed by atoms with Gasteiger partial charge >= 0.3 is 0 Å².